The molecule has 0 amide bonds. The van der Waals surface area contributed by atoms with Crippen LogP contribution in [0.2, 0.25) is 5.02 Å². The Bertz CT molecular complexity index is 846. The molecule has 1 N–H and O–H groups in total. The molecule has 0 saturated heterocycles. The lowest BCUT2D eigenvalue weighted by molar-refractivity contribution is 0.0694. The number of hydrogen-bond acceptors (Lipinski definition) is 2. The molecule has 1 aliphatic carbocycles. The summed E-state index contributed by atoms with van der Waals surface area (Å²) in [4.78, 5) is 23.3. The van der Waals surface area contributed by atoms with E-state index in [9.17, 15) is 18.4 Å². The van der Waals surface area contributed by atoms with Gasteiger partial charge in [-0.3, -0.25) is 4.79 Å². The van der Waals surface area contributed by atoms with Gasteiger partial charge in [-0.05, 0) is 13.0 Å². The Kier molecular flexibility index (Phi) is 3.02. The SMILES string of the molecule is Cc1c(F)cc2c(=O)c(C(=O)O)cn([C@@H]3CC3F)c2c1Cl. The first-order valence-corrected chi connectivity index (χ1v) is 6.61. The van der Waals surface area contributed by atoms with Crippen LogP contribution in [0.3, 0.4) is 0 Å². The zero-order valence-corrected chi connectivity index (χ0v) is 11.6. The number of hydrogen-bond donors (Lipinski definition) is 1. The van der Waals surface area contributed by atoms with Gasteiger partial charge in [-0.15, -0.1) is 0 Å². The highest BCUT2D eigenvalue weighted by molar-refractivity contribution is 6.36. The number of alkyl halides is 1. The van der Waals surface area contributed by atoms with E-state index < -0.39 is 35.0 Å². The molecule has 0 spiro atoms. The van der Waals surface area contributed by atoms with Crippen molar-refractivity contribution in [1.29, 1.82) is 0 Å². The van der Waals surface area contributed by atoms with Crippen LogP contribution in [0.4, 0.5) is 8.78 Å². The van der Waals surface area contributed by atoms with Gasteiger partial charge in [0.05, 0.1) is 22.0 Å². The minimum absolute atomic E-state index is 0.00172. The van der Waals surface area contributed by atoms with Crippen molar-refractivity contribution in [3.05, 3.63) is 44.5 Å². The number of aromatic nitrogens is 1. The molecule has 0 aliphatic heterocycles. The molecule has 7 heteroatoms. The standard InChI is InChI=1S/C14H10ClF2NO3/c1-5-8(16)2-6-12(11(5)15)18(10-3-9(10)17)4-7(13(6)19)14(20)21/h2,4,9-10H,3H2,1H3,(H,20,21)/t9?,10-/m1/s1. The van der Waals surface area contributed by atoms with E-state index in [1.165, 1.54) is 11.5 Å². The van der Waals surface area contributed by atoms with Crippen LogP contribution in [-0.2, 0) is 0 Å². The molecule has 1 saturated carbocycles. The van der Waals surface area contributed by atoms with Crippen molar-refractivity contribution in [3.63, 3.8) is 0 Å². The first-order chi connectivity index (χ1) is 9.82. The summed E-state index contributed by atoms with van der Waals surface area (Å²) in [5.74, 6) is -2.14. The summed E-state index contributed by atoms with van der Waals surface area (Å²) in [7, 11) is 0. The van der Waals surface area contributed by atoms with Crippen LogP contribution in [-0.4, -0.2) is 21.8 Å². The van der Waals surface area contributed by atoms with E-state index in [1.807, 2.05) is 0 Å². The second kappa shape index (κ2) is 4.53. The number of carboxylic acid groups (broad SMARTS) is 1. The molecule has 1 aromatic heterocycles. The van der Waals surface area contributed by atoms with Gasteiger partial charge in [0.15, 0.2) is 0 Å². The van der Waals surface area contributed by atoms with Gasteiger partial charge in [0.1, 0.15) is 17.6 Å². The average molecular weight is 314 g/mol. The summed E-state index contributed by atoms with van der Waals surface area (Å²) < 4.78 is 28.5. The first-order valence-electron chi connectivity index (χ1n) is 6.23. The maximum atomic E-state index is 13.8. The van der Waals surface area contributed by atoms with E-state index >= 15 is 0 Å². The topological polar surface area (TPSA) is 59.3 Å². The molecule has 4 nitrogen and oxygen atoms in total. The summed E-state index contributed by atoms with van der Waals surface area (Å²) in [5, 5.41) is 8.92. The van der Waals surface area contributed by atoms with Crippen LogP contribution in [0.5, 0.6) is 0 Å². The van der Waals surface area contributed by atoms with Crippen molar-refractivity contribution in [2.45, 2.75) is 25.6 Å². The largest absolute Gasteiger partial charge is 0.477 e. The molecule has 2 atom stereocenters. The van der Waals surface area contributed by atoms with Crippen LogP contribution >= 0.6 is 11.6 Å². The highest BCUT2D eigenvalue weighted by Gasteiger charge is 2.40. The third kappa shape index (κ3) is 2.01. The molecule has 1 heterocycles. The Hall–Kier alpha value is -1.95. The van der Waals surface area contributed by atoms with Crippen LogP contribution in [0.15, 0.2) is 17.1 Å². The first kappa shape index (κ1) is 14.0. The zero-order valence-electron chi connectivity index (χ0n) is 10.9. The molecule has 110 valence electrons. The van der Waals surface area contributed by atoms with Crippen LogP contribution in [0.25, 0.3) is 10.9 Å². The van der Waals surface area contributed by atoms with Gasteiger partial charge in [-0.25, -0.2) is 13.6 Å². The van der Waals surface area contributed by atoms with Gasteiger partial charge in [-0.2, -0.15) is 0 Å². The fraction of sp³-hybridized carbons (Fsp3) is 0.286. The lowest BCUT2D eigenvalue weighted by Gasteiger charge is -2.14. The number of nitrogens with zero attached hydrogens (tertiary/aromatic N) is 1. The minimum atomic E-state index is -1.44. The van der Waals surface area contributed by atoms with Crippen molar-refractivity contribution < 1.29 is 18.7 Å². The second-order valence-electron chi connectivity index (χ2n) is 5.10. The Labute approximate surface area is 122 Å². The van der Waals surface area contributed by atoms with Gasteiger partial charge in [0.2, 0.25) is 5.43 Å². The van der Waals surface area contributed by atoms with E-state index in [-0.39, 0.29) is 27.9 Å². The zero-order chi connectivity index (χ0) is 15.5. The third-order valence-electron chi connectivity index (χ3n) is 3.71. The molecule has 0 bridgehead atoms. The lowest BCUT2D eigenvalue weighted by Crippen LogP contribution is -2.19. The molecule has 1 unspecified atom stereocenters. The minimum Gasteiger partial charge on any atom is -0.477 e. The Morgan fingerprint density at radius 3 is 2.67 bits per heavy atom. The third-order valence-corrected chi connectivity index (χ3v) is 4.17. The summed E-state index contributed by atoms with van der Waals surface area (Å²) in [6, 6.07) is 0.380. The highest BCUT2D eigenvalue weighted by atomic mass is 35.5. The molecular formula is C14H10ClF2NO3. The summed E-state index contributed by atoms with van der Waals surface area (Å²) >= 11 is 6.09. The summed E-state index contributed by atoms with van der Waals surface area (Å²) in [6.07, 6.45) is 0.170. The summed E-state index contributed by atoms with van der Waals surface area (Å²) in [6.45, 7) is 1.44. The van der Waals surface area contributed by atoms with Crippen molar-refractivity contribution >= 4 is 28.5 Å². The number of carboxylic acids is 1. The monoisotopic (exact) mass is 313 g/mol. The number of pyridine rings is 1. The number of aromatic carboxylic acids is 1. The van der Waals surface area contributed by atoms with Crippen molar-refractivity contribution in [2.24, 2.45) is 0 Å². The number of benzene rings is 1. The fourth-order valence-corrected chi connectivity index (χ4v) is 2.68. The smallest absolute Gasteiger partial charge is 0.341 e. The van der Waals surface area contributed by atoms with E-state index in [2.05, 4.69) is 0 Å². The van der Waals surface area contributed by atoms with Gasteiger partial charge < -0.3 is 9.67 Å². The van der Waals surface area contributed by atoms with E-state index in [4.69, 9.17) is 16.7 Å². The number of rotatable bonds is 2. The lowest BCUT2D eigenvalue weighted by atomic mass is 10.1. The van der Waals surface area contributed by atoms with E-state index in [0.29, 0.717) is 0 Å². The fourth-order valence-electron chi connectivity index (χ4n) is 2.39. The maximum Gasteiger partial charge on any atom is 0.341 e. The Balaban J connectivity index is 2.49. The maximum absolute atomic E-state index is 13.8. The Morgan fingerprint density at radius 1 is 1.52 bits per heavy atom. The molecule has 3 rings (SSSR count). The van der Waals surface area contributed by atoms with Crippen LogP contribution < -0.4 is 5.43 Å². The predicted molar refractivity (Wildman–Crippen MR) is 73.4 cm³/mol. The molecule has 1 aromatic carbocycles. The van der Waals surface area contributed by atoms with Crippen LogP contribution in [0, 0.1) is 12.7 Å². The molecule has 1 fully saturated rings. The van der Waals surface area contributed by atoms with Gasteiger partial charge in [-0.1, -0.05) is 11.6 Å². The van der Waals surface area contributed by atoms with Gasteiger partial charge in [0.25, 0.3) is 0 Å². The number of fused-ring (bicyclic) bond motifs is 1. The number of halogens is 3. The van der Waals surface area contributed by atoms with Crippen molar-refractivity contribution in [1.82, 2.24) is 4.57 Å². The van der Waals surface area contributed by atoms with Crippen molar-refractivity contribution in [2.75, 3.05) is 0 Å². The average Bonchev–Trinajstić information content (AvgIpc) is 3.14. The molecule has 1 aliphatic rings. The molecule has 2 aromatic rings. The van der Waals surface area contributed by atoms with E-state index in [0.717, 1.165) is 12.3 Å². The molecule has 21 heavy (non-hydrogen) atoms. The highest BCUT2D eigenvalue weighted by Crippen LogP contribution is 2.42. The van der Waals surface area contributed by atoms with Crippen molar-refractivity contribution in [3.8, 4) is 0 Å². The van der Waals surface area contributed by atoms with Gasteiger partial charge in [0, 0.05) is 18.2 Å². The Morgan fingerprint density at radius 2 is 2.14 bits per heavy atom. The quantitative estimate of drug-likeness (QED) is 0.927. The number of carbonyl (C=O) groups is 1. The second-order valence-corrected chi connectivity index (χ2v) is 5.47. The predicted octanol–water partition coefficient (Wildman–Crippen LogP) is 3.08. The molecular weight excluding hydrogens is 304 g/mol. The van der Waals surface area contributed by atoms with Crippen LogP contribution in [0.1, 0.15) is 28.4 Å². The molecule has 0 radical (unpaired) electrons. The summed E-state index contributed by atoms with van der Waals surface area (Å²) in [5.41, 5.74) is -1.04. The van der Waals surface area contributed by atoms with Gasteiger partial charge >= 0.3 is 5.97 Å². The van der Waals surface area contributed by atoms with E-state index in [1.54, 1.807) is 0 Å². The normalized spacial score (nSPS) is 20.8.